The second kappa shape index (κ2) is 6.48. The summed E-state index contributed by atoms with van der Waals surface area (Å²) in [6, 6.07) is 0. The van der Waals surface area contributed by atoms with E-state index in [1.54, 1.807) is 7.11 Å². The SMILES string of the molecule is CO/N=C/C[C@H]1CC[C@]2(O)[C@@H]3CC[C@@H]4C[C@@H](O)CC[C@]4(C)[C@H]3CC[C@]12C. The van der Waals surface area contributed by atoms with Gasteiger partial charge in [-0.15, -0.1) is 0 Å². The second-order valence-corrected chi connectivity index (χ2v) is 10.2. The Hall–Kier alpha value is -0.610. The third-order valence-electron chi connectivity index (χ3n) is 9.59. The maximum atomic E-state index is 12.0. The minimum absolute atomic E-state index is 0.00526. The number of rotatable bonds is 3. The van der Waals surface area contributed by atoms with Gasteiger partial charge in [-0.2, -0.15) is 0 Å². The zero-order chi connectivity index (χ0) is 18.6. The van der Waals surface area contributed by atoms with Crippen molar-refractivity contribution in [2.45, 2.75) is 89.8 Å². The molecule has 0 aromatic rings. The predicted octanol–water partition coefficient (Wildman–Crippen LogP) is 4.14. The predicted molar refractivity (Wildman–Crippen MR) is 103 cm³/mol. The summed E-state index contributed by atoms with van der Waals surface area (Å²) in [6.45, 7) is 4.82. The van der Waals surface area contributed by atoms with Crippen LogP contribution in [-0.4, -0.2) is 35.2 Å². The van der Waals surface area contributed by atoms with Gasteiger partial charge in [-0.3, -0.25) is 0 Å². The van der Waals surface area contributed by atoms with Crippen molar-refractivity contribution in [3.8, 4) is 0 Å². The molecule has 4 saturated carbocycles. The van der Waals surface area contributed by atoms with Crippen molar-refractivity contribution in [3.63, 3.8) is 0 Å². The molecule has 0 saturated heterocycles. The summed E-state index contributed by atoms with van der Waals surface area (Å²) in [5, 5.41) is 26.1. The minimum Gasteiger partial charge on any atom is -0.399 e. The van der Waals surface area contributed by atoms with Crippen LogP contribution in [0.5, 0.6) is 0 Å². The molecule has 0 bridgehead atoms. The number of oxime groups is 1. The first-order chi connectivity index (χ1) is 12.3. The maximum absolute atomic E-state index is 12.0. The third-order valence-corrected chi connectivity index (χ3v) is 9.59. The Morgan fingerprint density at radius 3 is 2.62 bits per heavy atom. The van der Waals surface area contributed by atoms with E-state index in [1.165, 1.54) is 12.8 Å². The van der Waals surface area contributed by atoms with E-state index in [9.17, 15) is 10.2 Å². The molecule has 0 amide bonds. The van der Waals surface area contributed by atoms with Gasteiger partial charge in [0, 0.05) is 6.21 Å². The van der Waals surface area contributed by atoms with Gasteiger partial charge in [-0.05, 0) is 98.7 Å². The molecule has 4 nitrogen and oxygen atoms in total. The highest BCUT2D eigenvalue weighted by atomic mass is 16.6. The van der Waals surface area contributed by atoms with Gasteiger partial charge < -0.3 is 15.1 Å². The average molecular weight is 364 g/mol. The second-order valence-electron chi connectivity index (χ2n) is 10.2. The molecule has 26 heavy (non-hydrogen) atoms. The van der Waals surface area contributed by atoms with Gasteiger partial charge in [-0.1, -0.05) is 19.0 Å². The molecule has 0 unspecified atom stereocenters. The lowest BCUT2D eigenvalue weighted by molar-refractivity contribution is -0.209. The van der Waals surface area contributed by atoms with Crippen LogP contribution in [0.25, 0.3) is 0 Å². The quantitative estimate of drug-likeness (QED) is 0.585. The maximum Gasteiger partial charge on any atom is 0.106 e. The fourth-order valence-corrected chi connectivity index (χ4v) is 7.94. The van der Waals surface area contributed by atoms with Crippen molar-refractivity contribution in [1.29, 1.82) is 0 Å². The molecule has 0 spiro atoms. The molecule has 148 valence electrons. The largest absolute Gasteiger partial charge is 0.399 e. The molecule has 4 rings (SSSR count). The Morgan fingerprint density at radius 1 is 1.04 bits per heavy atom. The van der Waals surface area contributed by atoms with Crippen LogP contribution in [0.1, 0.15) is 78.1 Å². The summed E-state index contributed by atoms with van der Waals surface area (Å²) in [5.41, 5.74) is -0.203. The van der Waals surface area contributed by atoms with Gasteiger partial charge in [0.1, 0.15) is 7.11 Å². The lowest BCUT2D eigenvalue weighted by Gasteiger charge is -2.63. The highest BCUT2D eigenvalue weighted by Gasteiger charge is 2.66. The summed E-state index contributed by atoms with van der Waals surface area (Å²) < 4.78 is 0. The van der Waals surface area contributed by atoms with Gasteiger partial charge in [0.05, 0.1) is 11.7 Å². The van der Waals surface area contributed by atoms with Crippen molar-refractivity contribution < 1.29 is 15.1 Å². The Balaban J connectivity index is 1.59. The monoisotopic (exact) mass is 363 g/mol. The molecular weight excluding hydrogens is 326 g/mol. The Kier molecular flexibility index (Phi) is 4.67. The van der Waals surface area contributed by atoms with Crippen molar-refractivity contribution in [2.24, 2.45) is 39.7 Å². The van der Waals surface area contributed by atoms with Crippen LogP contribution in [-0.2, 0) is 4.84 Å². The summed E-state index contributed by atoms with van der Waals surface area (Å²) in [7, 11) is 1.59. The van der Waals surface area contributed by atoms with E-state index in [1.807, 2.05) is 6.21 Å². The average Bonchev–Trinajstić information content (AvgIpc) is 2.88. The lowest BCUT2D eigenvalue weighted by atomic mass is 9.43. The van der Waals surface area contributed by atoms with Crippen LogP contribution in [0, 0.1) is 34.5 Å². The minimum atomic E-state index is -0.522. The molecular formula is C22H37NO3. The number of fused-ring (bicyclic) bond motifs is 5. The van der Waals surface area contributed by atoms with E-state index in [0.717, 1.165) is 51.4 Å². The first-order valence-corrected chi connectivity index (χ1v) is 10.8. The number of aliphatic hydroxyl groups excluding tert-OH is 1. The normalized spacial score (nSPS) is 53.8. The van der Waals surface area contributed by atoms with Gasteiger partial charge in [-0.25, -0.2) is 0 Å². The number of aliphatic hydroxyl groups is 2. The van der Waals surface area contributed by atoms with Crippen LogP contribution in [0.3, 0.4) is 0 Å². The van der Waals surface area contributed by atoms with E-state index in [2.05, 4.69) is 19.0 Å². The van der Waals surface area contributed by atoms with Crippen LogP contribution >= 0.6 is 0 Å². The molecule has 0 aromatic carbocycles. The molecule has 2 N–H and O–H groups in total. The van der Waals surface area contributed by atoms with Crippen LogP contribution < -0.4 is 0 Å². The highest BCUT2D eigenvalue weighted by Crippen LogP contribution is 2.69. The summed E-state index contributed by atoms with van der Waals surface area (Å²) in [5.74, 6) is 2.21. The van der Waals surface area contributed by atoms with E-state index in [-0.39, 0.29) is 11.5 Å². The van der Waals surface area contributed by atoms with E-state index in [4.69, 9.17) is 4.84 Å². The fourth-order valence-electron chi connectivity index (χ4n) is 7.94. The molecule has 0 aliphatic heterocycles. The molecule has 8 atom stereocenters. The van der Waals surface area contributed by atoms with Crippen molar-refractivity contribution in [1.82, 2.24) is 0 Å². The van der Waals surface area contributed by atoms with Gasteiger partial charge in [0.25, 0.3) is 0 Å². The molecule has 0 aromatic heterocycles. The zero-order valence-electron chi connectivity index (χ0n) is 16.8. The van der Waals surface area contributed by atoms with Gasteiger partial charge in [0.2, 0.25) is 0 Å². The number of nitrogens with zero attached hydrogens (tertiary/aromatic N) is 1. The highest BCUT2D eigenvalue weighted by molar-refractivity contribution is 5.57. The van der Waals surface area contributed by atoms with E-state index < -0.39 is 5.60 Å². The molecule has 4 aliphatic rings. The van der Waals surface area contributed by atoms with Crippen LogP contribution in [0.15, 0.2) is 5.16 Å². The van der Waals surface area contributed by atoms with Gasteiger partial charge in [0.15, 0.2) is 0 Å². The molecule has 0 heterocycles. The van der Waals surface area contributed by atoms with Crippen LogP contribution in [0.2, 0.25) is 0 Å². The number of hydrogen-bond acceptors (Lipinski definition) is 4. The van der Waals surface area contributed by atoms with Crippen molar-refractivity contribution in [3.05, 3.63) is 0 Å². The van der Waals surface area contributed by atoms with Crippen molar-refractivity contribution >= 4 is 6.21 Å². The molecule has 4 aliphatic carbocycles. The summed E-state index contributed by atoms with van der Waals surface area (Å²) in [4.78, 5) is 4.85. The lowest BCUT2D eigenvalue weighted by Crippen LogP contribution is -2.62. The first-order valence-electron chi connectivity index (χ1n) is 10.8. The number of hydrogen-bond donors (Lipinski definition) is 2. The fraction of sp³-hybridized carbons (Fsp3) is 0.955. The summed E-state index contributed by atoms with van der Waals surface area (Å²) >= 11 is 0. The standard InChI is InChI=1S/C22H37NO3/c1-20-10-7-17(24)14-16(20)4-5-19-18(20)8-11-21(2)15(9-13-23-26-3)6-12-22(19,21)25/h13,15-19,24-25H,4-12,14H2,1-3H3/b23-13+/t15-,16-,17+,18+,19-,20+,21-,22+/m1/s1. The zero-order valence-corrected chi connectivity index (χ0v) is 16.8. The van der Waals surface area contributed by atoms with E-state index in [0.29, 0.717) is 29.1 Å². The Labute approximate surface area is 158 Å². The smallest absolute Gasteiger partial charge is 0.106 e. The Bertz CT molecular complexity index is 566. The van der Waals surface area contributed by atoms with Crippen LogP contribution in [0.4, 0.5) is 0 Å². The molecule has 4 heteroatoms. The Morgan fingerprint density at radius 2 is 1.85 bits per heavy atom. The first kappa shape index (κ1) is 18.7. The molecule has 0 radical (unpaired) electrons. The van der Waals surface area contributed by atoms with Crippen molar-refractivity contribution in [2.75, 3.05) is 7.11 Å². The van der Waals surface area contributed by atoms with E-state index >= 15 is 0 Å². The topological polar surface area (TPSA) is 62.0 Å². The summed E-state index contributed by atoms with van der Waals surface area (Å²) in [6.07, 6.45) is 12.5. The van der Waals surface area contributed by atoms with Gasteiger partial charge >= 0.3 is 0 Å². The molecule has 4 fully saturated rings. The third kappa shape index (κ3) is 2.51.